The lowest BCUT2D eigenvalue weighted by Crippen LogP contribution is -2.11. The summed E-state index contributed by atoms with van der Waals surface area (Å²) in [6.45, 7) is 0. The molecule has 6 heteroatoms. The Hall–Kier alpha value is -2.24. The van der Waals surface area contributed by atoms with Gasteiger partial charge < -0.3 is 9.97 Å². The second-order valence-electron chi connectivity index (χ2n) is 3.42. The Morgan fingerprint density at radius 2 is 1.35 bits per heavy atom. The van der Waals surface area contributed by atoms with Crippen LogP contribution in [0, 0.1) is 11.6 Å². The van der Waals surface area contributed by atoms with Crippen LogP contribution in [0.4, 0.5) is 8.78 Å². The first-order valence-corrected chi connectivity index (χ1v) is 4.81. The standard InChI is InChI=1S/C11H8F2N2O2/c12-6-1-3-14-10(6)8(16)5-9(17)11-7(13)2-4-15-11/h1-4,14-15H,5H2. The fourth-order valence-corrected chi connectivity index (χ4v) is 1.45. The van der Waals surface area contributed by atoms with Gasteiger partial charge in [0, 0.05) is 12.4 Å². The molecule has 0 fully saturated rings. The zero-order valence-electron chi connectivity index (χ0n) is 8.59. The van der Waals surface area contributed by atoms with Crippen molar-refractivity contribution in [2.24, 2.45) is 0 Å². The highest BCUT2D eigenvalue weighted by atomic mass is 19.1. The van der Waals surface area contributed by atoms with E-state index in [0.717, 1.165) is 12.1 Å². The van der Waals surface area contributed by atoms with Gasteiger partial charge in [-0.2, -0.15) is 0 Å². The average Bonchev–Trinajstić information content (AvgIpc) is 2.86. The smallest absolute Gasteiger partial charge is 0.189 e. The largest absolute Gasteiger partial charge is 0.356 e. The number of halogens is 2. The summed E-state index contributed by atoms with van der Waals surface area (Å²) in [5.74, 6) is -2.89. The molecular formula is C11H8F2N2O2. The summed E-state index contributed by atoms with van der Waals surface area (Å²) in [6, 6.07) is 2.15. The minimum Gasteiger partial charge on any atom is -0.356 e. The first kappa shape index (κ1) is 11.3. The molecule has 0 atom stereocenters. The van der Waals surface area contributed by atoms with Crippen LogP contribution in [0.25, 0.3) is 0 Å². The normalized spacial score (nSPS) is 10.5. The van der Waals surface area contributed by atoms with Gasteiger partial charge in [0.25, 0.3) is 0 Å². The van der Waals surface area contributed by atoms with Crippen molar-refractivity contribution in [1.29, 1.82) is 0 Å². The lowest BCUT2D eigenvalue weighted by atomic mass is 10.1. The van der Waals surface area contributed by atoms with Crippen molar-refractivity contribution in [2.45, 2.75) is 6.42 Å². The Balaban J connectivity index is 2.13. The summed E-state index contributed by atoms with van der Waals surface area (Å²) in [7, 11) is 0. The first-order valence-electron chi connectivity index (χ1n) is 4.81. The molecule has 0 aliphatic rings. The molecule has 2 rings (SSSR count). The van der Waals surface area contributed by atoms with E-state index in [1.165, 1.54) is 12.4 Å². The van der Waals surface area contributed by atoms with Crippen LogP contribution in [0.2, 0.25) is 0 Å². The fraction of sp³-hybridized carbons (Fsp3) is 0.0909. The molecule has 0 saturated carbocycles. The number of H-pyrrole nitrogens is 2. The van der Waals surface area contributed by atoms with Crippen molar-refractivity contribution in [1.82, 2.24) is 9.97 Å². The van der Waals surface area contributed by atoms with Crippen LogP contribution < -0.4 is 0 Å². The SMILES string of the molecule is O=C(CC(=O)c1[nH]ccc1F)c1[nH]ccc1F. The highest BCUT2D eigenvalue weighted by molar-refractivity contribution is 6.12. The van der Waals surface area contributed by atoms with Gasteiger partial charge in [0.1, 0.15) is 11.4 Å². The average molecular weight is 238 g/mol. The maximum Gasteiger partial charge on any atom is 0.189 e. The van der Waals surface area contributed by atoms with Crippen molar-refractivity contribution in [3.63, 3.8) is 0 Å². The number of hydrogen-bond acceptors (Lipinski definition) is 2. The summed E-state index contributed by atoms with van der Waals surface area (Å²) >= 11 is 0. The van der Waals surface area contributed by atoms with E-state index in [1.54, 1.807) is 0 Å². The van der Waals surface area contributed by atoms with Gasteiger partial charge in [-0.15, -0.1) is 0 Å². The molecule has 88 valence electrons. The van der Waals surface area contributed by atoms with Crippen molar-refractivity contribution in [2.75, 3.05) is 0 Å². The van der Waals surface area contributed by atoms with E-state index in [2.05, 4.69) is 9.97 Å². The maximum atomic E-state index is 13.0. The third kappa shape index (κ3) is 2.15. The number of carbonyl (C=O) groups is 2. The molecule has 2 aromatic heterocycles. The molecule has 0 bridgehead atoms. The van der Waals surface area contributed by atoms with Crippen LogP contribution in [0.1, 0.15) is 27.4 Å². The van der Waals surface area contributed by atoms with Crippen LogP contribution in [0.3, 0.4) is 0 Å². The Kier molecular flexibility index (Phi) is 2.86. The molecule has 0 aliphatic carbocycles. The van der Waals surface area contributed by atoms with Crippen LogP contribution >= 0.6 is 0 Å². The highest BCUT2D eigenvalue weighted by Gasteiger charge is 2.20. The van der Waals surface area contributed by atoms with Gasteiger partial charge in [-0.3, -0.25) is 9.59 Å². The predicted molar refractivity (Wildman–Crippen MR) is 54.8 cm³/mol. The van der Waals surface area contributed by atoms with Gasteiger partial charge in [-0.1, -0.05) is 0 Å². The van der Waals surface area contributed by atoms with E-state index in [-0.39, 0.29) is 11.4 Å². The molecule has 2 heterocycles. The fourth-order valence-electron chi connectivity index (χ4n) is 1.45. The lowest BCUT2D eigenvalue weighted by molar-refractivity contribution is 0.0885. The topological polar surface area (TPSA) is 65.7 Å². The molecule has 0 aliphatic heterocycles. The quantitative estimate of drug-likeness (QED) is 0.632. The molecule has 0 aromatic carbocycles. The minimum atomic E-state index is -0.727. The van der Waals surface area contributed by atoms with Gasteiger partial charge in [0.05, 0.1) is 6.42 Å². The van der Waals surface area contributed by atoms with E-state index in [1.807, 2.05) is 0 Å². The van der Waals surface area contributed by atoms with Gasteiger partial charge in [0.2, 0.25) is 0 Å². The molecule has 0 radical (unpaired) electrons. The van der Waals surface area contributed by atoms with E-state index in [9.17, 15) is 18.4 Å². The summed E-state index contributed by atoms with van der Waals surface area (Å²) < 4.78 is 26.1. The Morgan fingerprint density at radius 3 is 1.65 bits per heavy atom. The summed E-state index contributed by atoms with van der Waals surface area (Å²) in [5.41, 5.74) is -0.546. The first-order chi connectivity index (χ1) is 8.09. The van der Waals surface area contributed by atoms with Crippen molar-refractivity contribution < 1.29 is 18.4 Å². The Bertz CT molecular complexity index is 521. The van der Waals surface area contributed by atoms with E-state index in [0.29, 0.717) is 0 Å². The number of hydrogen-bond donors (Lipinski definition) is 2. The second kappa shape index (κ2) is 4.32. The zero-order chi connectivity index (χ0) is 12.4. The second-order valence-corrected chi connectivity index (χ2v) is 3.42. The molecule has 0 spiro atoms. The molecule has 2 aromatic rings. The van der Waals surface area contributed by atoms with Crippen LogP contribution in [-0.2, 0) is 0 Å². The molecule has 0 unspecified atom stereocenters. The van der Waals surface area contributed by atoms with Gasteiger partial charge in [-0.25, -0.2) is 8.78 Å². The van der Waals surface area contributed by atoms with E-state index < -0.39 is 29.6 Å². The van der Waals surface area contributed by atoms with Gasteiger partial charge in [-0.05, 0) is 12.1 Å². The Labute approximate surface area is 94.7 Å². The van der Waals surface area contributed by atoms with E-state index in [4.69, 9.17) is 0 Å². The number of aromatic nitrogens is 2. The van der Waals surface area contributed by atoms with Crippen LogP contribution in [0.15, 0.2) is 24.5 Å². The maximum absolute atomic E-state index is 13.0. The van der Waals surface area contributed by atoms with Crippen molar-refractivity contribution in [3.8, 4) is 0 Å². The molecule has 0 amide bonds. The van der Waals surface area contributed by atoms with Crippen LogP contribution in [0.5, 0.6) is 0 Å². The van der Waals surface area contributed by atoms with Crippen molar-refractivity contribution >= 4 is 11.6 Å². The predicted octanol–water partition coefficient (Wildman–Crippen LogP) is 2.08. The lowest BCUT2D eigenvalue weighted by Gasteiger charge is -1.98. The molecule has 4 nitrogen and oxygen atoms in total. The van der Waals surface area contributed by atoms with Gasteiger partial charge in [0.15, 0.2) is 23.2 Å². The number of Topliss-reactive ketones (excluding diaryl/α,β-unsaturated/α-hetero) is 2. The number of rotatable bonds is 4. The molecule has 17 heavy (non-hydrogen) atoms. The number of ketones is 2. The molecular weight excluding hydrogens is 230 g/mol. The summed E-state index contributed by atoms with van der Waals surface area (Å²) in [4.78, 5) is 27.8. The van der Waals surface area contributed by atoms with Crippen molar-refractivity contribution in [3.05, 3.63) is 47.5 Å². The van der Waals surface area contributed by atoms with Crippen LogP contribution in [-0.4, -0.2) is 21.5 Å². The summed E-state index contributed by atoms with van der Waals surface area (Å²) in [5, 5.41) is 0. The highest BCUT2D eigenvalue weighted by Crippen LogP contribution is 2.11. The third-order valence-corrected chi connectivity index (χ3v) is 2.27. The zero-order valence-corrected chi connectivity index (χ0v) is 8.59. The Morgan fingerprint density at radius 1 is 0.941 bits per heavy atom. The van der Waals surface area contributed by atoms with E-state index >= 15 is 0 Å². The number of aromatic amines is 2. The summed E-state index contributed by atoms with van der Waals surface area (Å²) in [6.07, 6.45) is 1.92. The number of carbonyl (C=O) groups excluding carboxylic acids is 2. The number of nitrogens with one attached hydrogen (secondary N) is 2. The molecule has 0 saturated heterocycles. The third-order valence-electron chi connectivity index (χ3n) is 2.27. The minimum absolute atomic E-state index is 0.273. The monoisotopic (exact) mass is 238 g/mol. The van der Waals surface area contributed by atoms with Gasteiger partial charge >= 0.3 is 0 Å². The molecule has 2 N–H and O–H groups in total.